The number of hydrogen-bond donors (Lipinski definition) is 2. The van der Waals surface area contributed by atoms with Crippen molar-refractivity contribution in [3.63, 3.8) is 0 Å². The minimum atomic E-state index is -0.673. The van der Waals surface area contributed by atoms with Gasteiger partial charge in [0.05, 0.1) is 7.11 Å². The molecule has 8 heteroatoms. The quantitative estimate of drug-likeness (QED) is 0.842. The molecular formula is C15H18N4O3S. The number of methoxy groups -OCH3 is 1. The maximum absolute atomic E-state index is 12.3. The number of carbonyl (C=O) groups is 2. The minimum Gasteiger partial charge on any atom is -0.497 e. The zero-order valence-corrected chi connectivity index (χ0v) is 13.9. The van der Waals surface area contributed by atoms with Gasteiger partial charge in [-0.1, -0.05) is 25.2 Å². The lowest BCUT2D eigenvalue weighted by molar-refractivity contribution is -0.118. The van der Waals surface area contributed by atoms with Crippen LogP contribution in [0.2, 0.25) is 0 Å². The molecule has 1 heterocycles. The molecule has 0 saturated carbocycles. The second-order valence-electron chi connectivity index (χ2n) is 5.16. The molecule has 2 aromatic rings. The summed E-state index contributed by atoms with van der Waals surface area (Å²) in [5, 5.41) is 13.2. The van der Waals surface area contributed by atoms with Crippen LogP contribution in [0.25, 0.3) is 0 Å². The van der Waals surface area contributed by atoms with Crippen LogP contribution in [0.3, 0.4) is 0 Å². The Morgan fingerprint density at radius 1 is 1.22 bits per heavy atom. The number of nitrogens with zero attached hydrogens (tertiary/aromatic N) is 2. The van der Waals surface area contributed by atoms with Crippen LogP contribution in [0.1, 0.15) is 24.2 Å². The number of amides is 2. The molecule has 0 aliphatic rings. The highest BCUT2D eigenvalue weighted by atomic mass is 32.1. The number of anilines is 1. The molecule has 1 aromatic carbocycles. The van der Waals surface area contributed by atoms with Crippen molar-refractivity contribution in [3.05, 3.63) is 35.3 Å². The van der Waals surface area contributed by atoms with Crippen molar-refractivity contribution in [2.24, 2.45) is 5.92 Å². The first kappa shape index (κ1) is 16.9. The molecule has 1 atom stereocenters. The highest BCUT2D eigenvalue weighted by Gasteiger charge is 2.25. The third-order valence-corrected chi connectivity index (χ3v) is 3.78. The molecule has 1 unspecified atom stereocenters. The average molecular weight is 334 g/mol. The van der Waals surface area contributed by atoms with Crippen LogP contribution in [-0.2, 0) is 4.79 Å². The molecule has 2 amide bonds. The van der Waals surface area contributed by atoms with Crippen LogP contribution >= 0.6 is 11.3 Å². The lowest BCUT2D eigenvalue weighted by atomic mass is 10.0. The second-order valence-corrected chi connectivity index (χ2v) is 5.99. The smallest absolute Gasteiger partial charge is 0.251 e. The topological polar surface area (TPSA) is 93.2 Å². The molecule has 0 spiro atoms. The maximum atomic E-state index is 12.3. The van der Waals surface area contributed by atoms with E-state index in [0.29, 0.717) is 16.4 Å². The molecule has 7 nitrogen and oxygen atoms in total. The summed E-state index contributed by atoms with van der Waals surface area (Å²) in [5.74, 6) is -0.0570. The van der Waals surface area contributed by atoms with Gasteiger partial charge in [0.1, 0.15) is 17.3 Å². The van der Waals surface area contributed by atoms with Crippen LogP contribution in [0.4, 0.5) is 5.13 Å². The van der Waals surface area contributed by atoms with Crippen molar-refractivity contribution >= 4 is 28.3 Å². The van der Waals surface area contributed by atoms with Crippen molar-refractivity contribution in [3.8, 4) is 5.75 Å². The molecule has 2 N–H and O–H groups in total. The summed E-state index contributed by atoms with van der Waals surface area (Å²) in [6.45, 7) is 3.72. The number of rotatable bonds is 6. The largest absolute Gasteiger partial charge is 0.497 e. The molecule has 0 saturated heterocycles. The predicted molar refractivity (Wildman–Crippen MR) is 87.6 cm³/mol. The van der Waals surface area contributed by atoms with E-state index in [9.17, 15) is 9.59 Å². The van der Waals surface area contributed by atoms with Crippen LogP contribution in [-0.4, -0.2) is 35.2 Å². The Morgan fingerprint density at radius 3 is 2.43 bits per heavy atom. The van der Waals surface area contributed by atoms with E-state index in [1.54, 1.807) is 31.4 Å². The third-order valence-electron chi connectivity index (χ3n) is 3.18. The van der Waals surface area contributed by atoms with Gasteiger partial charge in [-0.3, -0.25) is 14.9 Å². The fraction of sp³-hybridized carbons (Fsp3) is 0.333. The van der Waals surface area contributed by atoms with Gasteiger partial charge in [-0.25, -0.2) is 0 Å². The van der Waals surface area contributed by atoms with Gasteiger partial charge in [-0.15, -0.1) is 10.2 Å². The van der Waals surface area contributed by atoms with E-state index in [-0.39, 0.29) is 17.7 Å². The Hall–Kier alpha value is -2.48. The van der Waals surface area contributed by atoms with E-state index in [0.717, 1.165) is 0 Å². The number of ether oxygens (including phenoxy) is 1. The minimum absolute atomic E-state index is 0.0786. The first-order valence-electron chi connectivity index (χ1n) is 7.03. The fourth-order valence-electron chi connectivity index (χ4n) is 1.91. The fourth-order valence-corrected chi connectivity index (χ4v) is 2.36. The van der Waals surface area contributed by atoms with E-state index < -0.39 is 6.04 Å². The van der Waals surface area contributed by atoms with E-state index in [1.807, 2.05) is 13.8 Å². The zero-order valence-electron chi connectivity index (χ0n) is 13.1. The summed E-state index contributed by atoms with van der Waals surface area (Å²) < 4.78 is 5.06. The molecule has 0 aliphatic heterocycles. The number of hydrogen-bond acceptors (Lipinski definition) is 6. The van der Waals surface area contributed by atoms with E-state index in [2.05, 4.69) is 20.8 Å². The number of aromatic nitrogens is 2. The zero-order chi connectivity index (χ0) is 16.8. The van der Waals surface area contributed by atoms with E-state index in [1.165, 1.54) is 16.8 Å². The highest BCUT2D eigenvalue weighted by molar-refractivity contribution is 7.13. The highest BCUT2D eigenvalue weighted by Crippen LogP contribution is 2.14. The van der Waals surface area contributed by atoms with E-state index in [4.69, 9.17) is 4.74 Å². The van der Waals surface area contributed by atoms with Crippen LogP contribution in [0, 0.1) is 5.92 Å². The van der Waals surface area contributed by atoms with Gasteiger partial charge < -0.3 is 10.1 Å². The van der Waals surface area contributed by atoms with Crippen molar-refractivity contribution in [2.45, 2.75) is 19.9 Å². The van der Waals surface area contributed by atoms with Crippen LogP contribution in [0.5, 0.6) is 5.75 Å². The van der Waals surface area contributed by atoms with Crippen molar-refractivity contribution in [2.75, 3.05) is 12.4 Å². The summed E-state index contributed by atoms with van der Waals surface area (Å²) in [6, 6.07) is 6.01. The summed E-state index contributed by atoms with van der Waals surface area (Å²) in [4.78, 5) is 24.6. The lowest BCUT2D eigenvalue weighted by Gasteiger charge is -2.21. The molecule has 2 rings (SSSR count). The van der Waals surface area contributed by atoms with Gasteiger partial charge in [-0.05, 0) is 30.2 Å². The number of nitrogens with one attached hydrogen (secondary N) is 2. The number of benzene rings is 1. The van der Waals surface area contributed by atoms with Gasteiger partial charge in [0.25, 0.3) is 5.91 Å². The first-order chi connectivity index (χ1) is 11.0. The van der Waals surface area contributed by atoms with Crippen molar-refractivity contribution in [1.82, 2.24) is 15.5 Å². The molecule has 0 radical (unpaired) electrons. The molecule has 1 aromatic heterocycles. The Labute approximate surface area is 138 Å². The molecular weight excluding hydrogens is 316 g/mol. The normalized spacial score (nSPS) is 11.8. The standard InChI is InChI=1S/C15H18N4O3S/c1-9(2)12(14(21)18-15-19-16-8-23-15)17-13(20)10-4-6-11(22-3)7-5-10/h4-9,12H,1-3H3,(H,17,20)(H,18,19,21). The Bertz CT molecular complexity index is 656. The van der Waals surface area contributed by atoms with Gasteiger partial charge in [0.15, 0.2) is 0 Å². The summed E-state index contributed by atoms with van der Waals surface area (Å²) >= 11 is 1.22. The van der Waals surface area contributed by atoms with Gasteiger partial charge in [0, 0.05) is 5.56 Å². The average Bonchev–Trinajstić information content (AvgIpc) is 3.04. The lowest BCUT2D eigenvalue weighted by Crippen LogP contribution is -2.47. The van der Waals surface area contributed by atoms with Crippen LogP contribution < -0.4 is 15.4 Å². The third kappa shape index (κ3) is 4.49. The van der Waals surface area contributed by atoms with Gasteiger partial charge in [0.2, 0.25) is 11.0 Å². The van der Waals surface area contributed by atoms with Crippen molar-refractivity contribution in [1.29, 1.82) is 0 Å². The van der Waals surface area contributed by atoms with Gasteiger partial charge in [-0.2, -0.15) is 0 Å². The monoisotopic (exact) mass is 334 g/mol. The molecule has 122 valence electrons. The van der Waals surface area contributed by atoms with Crippen LogP contribution in [0.15, 0.2) is 29.8 Å². The first-order valence-corrected chi connectivity index (χ1v) is 7.91. The molecule has 0 bridgehead atoms. The Kier molecular flexibility index (Phi) is 5.64. The second kappa shape index (κ2) is 7.68. The molecule has 23 heavy (non-hydrogen) atoms. The van der Waals surface area contributed by atoms with Gasteiger partial charge >= 0.3 is 0 Å². The molecule has 0 fully saturated rings. The predicted octanol–water partition coefficient (Wildman–Crippen LogP) is 1.94. The van der Waals surface area contributed by atoms with Crippen molar-refractivity contribution < 1.29 is 14.3 Å². The Morgan fingerprint density at radius 2 is 1.91 bits per heavy atom. The Balaban J connectivity index is 2.05. The van der Waals surface area contributed by atoms with E-state index >= 15 is 0 Å². The SMILES string of the molecule is COc1ccc(C(=O)NC(C(=O)Nc2nncs2)C(C)C)cc1. The summed E-state index contributed by atoms with van der Waals surface area (Å²) in [7, 11) is 1.56. The summed E-state index contributed by atoms with van der Waals surface area (Å²) in [5.41, 5.74) is 1.98. The maximum Gasteiger partial charge on any atom is 0.251 e. The summed E-state index contributed by atoms with van der Waals surface area (Å²) in [6.07, 6.45) is 0. The molecule has 0 aliphatic carbocycles. The number of carbonyl (C=O) groups excluding carboxylic acids is 2.